The number of hydrogen-bond donors (Lipinski definition) is 1. The van der Waals surface area contributed by atoms with Crippen molar-refractivity contribution >= 4 is 11.6 Å². The monoisotopic (exact) mass is 312 g/mol. The Morgan fingerprint density at radius 3 is 2.70 bits per heavy atom. The molecule has 1 atom stereocenters. The van der Waals surface area contributed by atoms with Crippen molar-refractivity contribution in [1.29, 1.82) is 0 Å². The van der Waals surface area contributed by atoms with Gasteiger partial charge in [0.15, 0.2) is 11.5 Å². The number of rotatable bonds is 4. The summed E-state index contributed by atoms with van der Waals surface area (Å²) < 4.78 is 14.8. The minimum atomic E-state index is -0.299. The van der Waals surface area contributed by atoms with Crippen molar-refractivity contribution in [3.63, 3.8) is 0 Å². The smallest absolute Gasteiger partial charge is 0.251 e. The maximum atomic E-state index is 13.0. The van der Waals surface area contributed by atoms with Crippen molar-refractivity contribution in [3.8, 4) is 11.4 Å². The van der Waals surface area contributed by atoms with Gasteiger partial charge in [0.1, 0.15) is 5.82 Å². The van der Waals surface area contributed by atoms with Gasteiger partial charge in [0, 0.05) is 23.4 Å². The van der Waals surface area contributed by atoms with Crippen LogP contribution in [0.1, 0.15) is 30.6 Å². The van der Waals surface area contributed by atoms with Gasteiger partial charge in [-0.05, 0) is 49.7 Å². The molecule has 1 unspecified atom stereocenters. The SMILES string of the molecule is CCC(C)NC(=O)c1ccn2c(-c3ccc(F)cc3)nnc2c1. The number of benzene rings is 1. The third-order valence-electron chi connectivity index (χ3n) is 3.76. The van der Waals surface area contributed by atoms with Crippen LogP contribution in [0, 0.1) is 5.82 Å². The molecule has 0 bridgehead atoms. The van der Waals surface area contributed by atoms with Gasteiger partial charge in [-0.15, -0.1) is 10.2 Å². The van der Waals surface area contributed by atoms with Crippen LogP contribution in [0.15, 0.2) is 42.6 Å². The molecule has 1 amide bonds. The lowest BCUT2D eigenvalue weighted by molar-refractivity contribution is 0.0939. The Morgan fingerprint density at radius 2 is 2.00 bits per heavy atom. The highest BCUT2D eigenvalue weighted by Crippen LogP contribution is 2.19. The van der Waals surface area contributed by atoms with Gasteiger partial charge >= 0.3 is 0 Å². The van der Waals surface area contributed by atoms with E-state index < -0.39 is 0 Å². The first-order valence-corrected chi connectivity index (χ1v) is 7.50. The van der Waals surface area contributed by atoms with Crippen LogP contribution in [0.3, 0.4) is 0 Å². The number of amides is 1. The van der Waals surface area contributed by atoms with Gasteiger partial charge in [0.25, 0.3) is 5.91 Å². The molecule has 0 radical (unpaired) electrons. The van der Waals surface area contributed by atoms with E-state index in [2.05, 4.69) is 15.5 Å². The zero-order valence-corrected chi connectivity index (χ0v) is 13.0. The fraction of sp³-hybridized carbons (Fsp3) is 0.235. The fourth-order valence-electron chi connectivity index (χ4n) is 2.24. The van der Waals surface area contributed by atoms with Gasteiger partial charge in [-0.2, -0.15) is 0 Å². The Balaban J connectivity index is 1.94. The number of nitrogens with one attached hydrogen (secondary N) is 1. The van der Waals surface area contributed by atoms with Crippen molar-refractivity contribution in [2.45, 2.75) is 26.3 Å². The Labute approximate surface area is 133 Å². The largest absolute Gasteiger partial charge is 0.350 e. The summed E-state index contributed by atoms with van der Waals surface area (Å²) >= 11 is 0. The summed E-state index contributed by atoms with van der Waals surface area (Å²) in [6.45, 7) is 3.97. The topological polar surface area (TPSA) is 59.3 Å². The predicted octanol–water partition coefficient (Wildman–Crippen LogP) is 3.06. The maximum Gasteiger partial charge on any atom is 0.251 e. The second-order valence-electron chi connectivity index (χ2n) is 5.46. The van der Waals surface area contributed by atoms with Gasteiger partial charge in [-0.3, -0.25) is 9.20 Å². The van der Waals surface area contributed by atoms with Crippen molar-refractivity contribution in [2.75, 3.05) is 0 Å². The van der Waals surface area contributed by atoms with Crippen molar-refractivity contribution in [2.24, 2.45) is 0 Å². The lowest BCUT2D eigenvalue weighted by Gasteiger charge is -2.11. The number of nitrogens with zero attached hydrogens (tertiary/aromatic N) is 3. The van der Waals surface area contributed by atoms with Gasteiger partial charge in [-0.1, -0.05) is 6.92 Å². The molecule has 2 heterocycles. The first-order valence-electron chi connectivity index (χ1n) is 7.50. The fourth-order valence-corrected chi connectivity index (χ4v) is 2.24. The third kappa shape index (κ3) is 3.06. The molecule has 3 aromatic rings. The summed E-state index contributed by atoms with van der Waals surface area (Å²) in [5.74, 6) is 0.175. The van der Waals surface area contributed by atoms with E-state index in [0.29, 0.717) is 17.0 Å². The highest BCUT2D eigenvalue weighted by atomic mass is 19.1. The summed E-state index contributed by atoms with van der Waals surface area (Å²) in [5.41, 5.74) is 1.87. The molecule has 0 saturated carbocycles. The van der Waals surface area contributed by atoms with Gasteiger partial charge in [0.05, 0.1) is 0 Å². The minimum Gasteiger partial charge on any atom is -0.350 e. The summed E-state index contributed by atoms with van der Waals surface area (Å²) in [7, 11) is 0. The summed E-state index contributed by atoms with van der Waals surface area (Å²) in [6, 6.07) is 9.59. The van der Waals surface area contributed by atoms with Crippen molar-refractivity contribution < 1.29 is 9.18 Å². The zero-order chi connectivity index (χ0) is 16.4. The lowest BCUT2D eigenvalue weighted by atomic mass is 10.2. The summed E-state index contributed by atoms with van der Waals surface area (Å²) in [6.07, 6.45) is 2.62. The van der Waals surface area contributed by atoms with E-state index in [1.165, 1.54) is 12.1 Å². The Hall–Kier alpha value is -2.76. The van der Waals surface area contributed by atoms with Crippen LogP contribution >= 0.6 is 0 Å². The molecule has 0 aliphatic carbocycles. The molecule has 0 fully saturated rings. The number of fused-ring (bicyclic) bond motifs is 1. The standard InChI is InChI=1S/C17H17FN4O/c1-3-11(2)19-17(23)13-8-9-22-15(10-13)20-21-16(22)12-4-6-14(18)7-5-12/h4-11H,3H2,1-2H3,(H,19,23). The second kappa shape index (κ2) is 6.16. The Bertz CT molecular complexity index is 841. The number of hydrogen-bond acceptors (Lipinski definition) is 3. The number of carbonyl (C=O) groups excluding carboxylic acids is 1. The number of pyridine rings is 1. The van der Waals surface area contributed by atoms with Crippen LogP contribution in [0.5, 0.6) is 0 Å². The van der Waals surface area contributed by atoms with E-state index in [0.717, 1.165) is 12.0 Å². The van der Waals surface area contributed by atoms with E-state index in [1.807, 2.05) is 13.8 Å². The molecule has 1 aromatic carbocycles. The van der Waals surface area contributed by atoms with E-state index in [-0.39, 0.29) is 17.8 Å². The molecule has 5 nitrogen and oxygen atoms in total. The molecule has 0 spiro atoms. The van der Waals surface area contributed by atoms with Gasteiger partial charge in [-0.25, -0.2) is 4.39 Å². The van der Waals surface area contributed by atoms with Crippen LogP contribution in [-0.4, -0.2) is 26.5 Å². The zero-order valence-electron chi connectivity index (χ0n) is 13.0. The van der Waals surface area contributed by atoms with Gasteiger partial charge in [0.2, 0.25) is 0 Å². The Morgan fingerprint density at radius 1 is 1.26 bits per heavy atom. The quantitative estimate of drug-likeness (QED) is 0.805. The number of aromatic nitrogens is 3. The van der Waals surface area contributed by atoms with E-state index in [9.17, 15) is 9.18 Å². The average Bonchev–Trinajstić information content (AvgIpc) is 2.98. The first kappa shape index (κ1) is 15.1. The van der Waals surface area contributed by atoms with Crippen LogP contribution in [0.4, 0.5) is 4.39 Å². The summed E-state index contributed by atoms with van der Waals surface area (Å²) in [4.78, 5) is 12.2. The molecule has 0 aliphatic rings. The number of halogens is 1. The minimum absolute atomic E-state index is 0.117. The normalized spacial score (nSPS) is 12.3. The molecular formula is C17H17FN4O. The molecule has 1 N–H and O–H groups in total. The second-order valence-corrected chi connectivity index (χ2v) is 5.46. The van der Waals surface area contributed by atoms with Crippen LogP contribution in [0.2, 0.25) is 0 Å². The van der Waals surface area contributed by atoms with Crippen molar-refractivity contribution in [3.05, 3.63) is 54.0 Å². The van der Waals surface area contributed by atoms with Crippen LogP contribution in [-0.2, 0) is 0 Å². The Kier molecular flexibility index (Phi) is 4.06. The number of carbonyl (C=O) groups is 1. The molecule has 3 rings (SSSR count). The van der Waals surface area contributed by atoms with Crippen LogP contribution < -0.4 is 5.32 Å². The first-order chi connectivity index (χ1) is 11.1. The highest BCUT2D eigenvalue weighted by Gasteiger charge is 2.13. The van der Waals surface area contributed by atoms with E-state index in [1.54, 1.807) is 34.9 Å². The average molecular weight is 312 g/mol. The van der Waals surface area contributed by atoms with Gasteiger partial charge < -0.3 is 5.32 Å². The van der Waals surface area contributed by atoms with Crippen molar-refractivity contribution in [1.82, 2.24) is 19.9 Å². The molecule has 2 aromatic heterocycles. The molecule has 6 heteroatoms. The molecular weight excluding hydrogens is 295 g/mol. The van der Waals surface area contributed by atoms with Crippen LogP contribution in [0.25, 0.3) is 17.0 Å². The predicted molar refractivity (Wildman–Crippen MR) is 85.6 cm³/mol. The highest BCUT2D eigenvalue weighted by molar-refractivity contribution is 5.95. The maximum absolute atomic E-state index is 13.0. The van der Waals surface area contributed by atoms with E-state index in [4.69, 9.17) is 0 Å². The molecule has 23 heavy (non-hydrogen) atoms. The lowest BCUT2D eigenvalue weighted by Crippen LogP contribution is -2.31. The third-order valence-corrected chi connectivity index (χ3v) is 3.76. The van der Waals surface area contributed by atoms with E-state index >= 15 is 0 Å². The molecule has 0 saturated heterocycles. The summed E-state index contributed by atoms with van der Waals surface area (Å²) in [5, 5.41) is 11.1. The molecule has 118 valence electrons. The molecule has 0 aliphatic heterocycles.